The number of aromatic nitrogens is 1. The minimum absolute atomic E-state index is 0.135. The molecular weight excluding hydrogens is 415 g/mol. The summed E-state index contributed by atoms with van der Waals surface area (Å²) in [4.78, 5) is 28.3. The first-order chi connectivity index (χ1) is 12.6. The minimum Gasteiger partial charge on any atom is -0.476 e. The Balaban J connectivity index is 1.92. The highest BCUT2D eigenvalue weighted by molar-refractivity contribution is 6.36. The number of hydrogen-bond acceptors (Lipinski definition) is 5. The summed E-state index contributed by atoms with van der Waals surface area (Å²) in [6.07, 6.45) is 0. The molecule has 0 spiro atoms. The molecule has 27 heavy (non-hydrogen) atoms. The van der Waals surface area contributed by atoms with Crippen LogP contribution >= 0.6 is 34.8 Å². The first kappa shape index (κ1) is 21.3. The Morgan fingerprint density at radius 3 is 2.37 bits per heavy atom. The summed E-state index contributed by atoms with van der Waals surface area (Å²) >= 11 is 17.7. The number of nitrogens with one attached hydrogen (secondary N) is 1. The SMILES string of the molecule is Cc1nc(NC(=O)COC(=O)C(C)(C)Oc2ccc(Cl)cc2)c(Cl)cc1Cl. The van der Waals surface area contributed by atoms with Crippen LogP contribution in [0.25, 0.3) is 0 Å². The van der Waals surface area contributed by atoms with Crippen molar-refractivity contribution in [1.29, 1.82) is 0 Å². The molecule has 0 aliphatic carbocycles. The topological polar surface area (TPSA) is 77.5 Å². The molecule has 144 valence electrons. The van der Waals surface area contributed by atoms with Gasteiger partial charge in [0, 0.05) is 5.02 Å². The second-order valence-corrected chi connectivity index (χ2v) is 7.33. The van der Waals surface area contributed by atoms with Crippen molar-refractivity contribution < 1.29 is 19.1 Å². The highest BCUT2D eigenvalue weighted by atomic mass is 35.5. The fraction of sp³-hybridized carbons (Fsp3) is 0.278. The van der Waals surface area contributed by atoms with Gasteiger partial charge in [0.2, 0.25) is 0 Å². The summed E-state index contributed by atoms with van der Waals surface area (Å²) in [6.45, 7) is 4.21. The quantitative estimate of drug-likeness (QED) is 0.671. The Labute approximate surface area is 171 Å². The van der Waals surface area contributed by atoms with Crippen LogP contribution in [0.3, 0.4) is 0 Å². The summed E-state index contributed by atoms with van der Waals surface area (Å²) in [6, 6.07) is 7.99. The molecule has 1 aromatic carbocycles. The van der Waals surface area contributed by atoms with E-state index < -0.39 is 24.1 Å². The molecule has 9 heteroatoms. The van der Waals surface area contributed by atoms with Crippen LogP contribution in [0.15, 0.2) is 30.3 Å². The zero-order valence-corrected chi connectivity index (χ0v) is 17.1. The number of aryl methyl sites for hydroxylation is 1. The first-order valence-corrected chi connectivity index (χ1v) is 8.96. The Hall–Kier alpha value is -2.02. The lowest BCUT2D eigenvalue weighted by Gasteiger charge is -2.24. The van der Waals surface area contributed by atoms with Crippen LogP contribution in [0.5, 0.6) is 5.75 Å². The lowest BCUT2D eigenvalue weighted by molar-refractivity contribution is -0.161. The number of halogens is 3. The van der Waals surface area contributed by atoms with Crippen molar-refractivity contribution in [2.75, 3.05) is 11.9 Å². The lowest BCUT2D eigenvalue weighted by atomic mass is 10.1. The largest absolute Gasteiger partial charge is 0.476 e. The molecule has 2 rings (SSSR count). The van der Waals surface area contributed by atoms with Gasteiger partial charge in [-0.2, -0.15) is 0 Å². The lowest BCUT2D eigenvalue weighted by Crippen LogP contribution is -2.41. The molecule has 0 radical (unpaired) electrons. The summed E-state index contributed by atoms with van der Waals surface area (Å²) in [5, 5.41) is 3.57. The van der Waals surface area contributed by atoms with E-state index in [1.54, 1.807) is 31.2 Å². The molecule has 1 aromatic heterocycles. The van der Waals surface area contributed by atoms with Gasteiger partial charge in [-0.15, -0.1) is 0 Å². The number of amides is 1. The molecule has 2 aromatic rings. The Bertz CT molecular complexity index is 854. The predicted molar refractivity (Wildman–Crippen MR) is 105 cm³/mol. The zero-order chi connectivity index (χ0) is 20.2. The standard InChI is InChI=1S/C18H17Cl3N2O4/c1-10-13(20)8-14(21)16(22-10)23-15(24)9-26-17(25)18(2,3)27-12-6-4-11(19)5-7-12/h4-8H,9H2,1-3H3,(H,22,23,24). The monoisotopic (exact) mass is 430 g/mol. The van der Waals surface area contributed by atoms with Gasteiger partial charge in [0.05, 0.1) is 15.7 Å². The van der Waals surface area contributed by atoms with Crippen LogP contribution in [0.1, 0.15) is 19.5 Å². The van der Waals surface area contributed by atoms with Crippen LogP contribution in [-0.4, -0.2) is 29.1 Å². The van der Waals surface area contributed by atoms with Crippen LogP contribution < -0.4 is 10.1 Å². The number of ether oxygens (including phenoxy) is 2. The number of esters is 1. The number of pyridine rings is 1. The fourth-order valence-corrected chi connectivity index (χ4v) is 2.49. The van der Waals surface area contributed by atoms with E-state index in [2.05, 4.69) is 10.3 Å². The highest BCUT2D eigenvalue weighted by Gasteiger charge is 2.32. The van der Waals surface area contributed by atoms with Gasteiger partial charge in [-0.1, -0.05) is 34.8 Å². The Kier molecular flexibility index (Phi) is 6.92. The fourth-order valence-electron chi connectivity index (χ4n) is 1.96. The molecule has 0 saturated heterocycles. The summed E-state index contributed by atoms with van der Waals surface area (Å²) < 4.78 is 10.6. The number of nitrogens with zero attached hydrogens (tertiary/aromatic N) is 1. The Morgan fingerprint density at radius 1 is 1.11 bits per heavy atom. The zero-order valence-electron chi connectivity index (χ0n) is 14.8. The van der Waals surface area contributed by atoms with Gasteiger partial charge >= 0.3 is 5.97 Å². The van der Waals surface area contributed by atoms with E-state index in [1.807, 2.05) is 0 Å². The summed E-state index contributed by atoms with van der Waals surface area (Å²) in [5.41, 5.74) is -0.799. The molecular formula is C18H17Cl3N2O4. The molecule has 1 heterocycles. The van der Waals surface area contributed by atoms with E-state index in [0.29, 0.717) is 21.5 Å². The number of carbonyl (C=O) groups excluding carboxylic acids is 2. The van der Waals surface area contributed by atoms with Crippen molar-refractivity contribution >= 4 is 52.5 Å². The second-order valence-electron chi connectivity index (χ2n) is 6.08. The van der Waals surface area contributed by atoms with Crippen LogP contribution in [0, 0.1) is 6.92 Å². The summed E-state index contributed by atoms with van der Waals surface area (Å²) in [7, 11) is 0. The van der Waals surface area contributed by atoms with Crippen molar-refractivity contribution in [2.45, 2.75) is 26.4 Å². The maximum absolute atomic E-state index is 12.2. The van der Waals surface area contributed by atoms with E-state index >= 15 is 0 Å². The molecule has 0 fully saturated rings. The number of hydrogen-bond donors (Lipinski definition) is 1. The molecule has 0 atom stereocenters. The van der Waals surface area contributed by atoms with E-state index in [0.717, 1.165) is 0 Å². The average molecular weight is 432 g/mol. The summed E-state index contributed by atoms with van der Waals surface area (Å²) in [5.74, 6) is -0.726. The molecule has 0 aliphatic rings. The van der Waals surface area contributed by atoms with Crippen molar-refractivity contribution in [2.24, 2.45) is 0 Å². The van der Waals surface area contributed by atoms with E-state index in [4.69, 9.17) is 44.3 Å². The van der Waals surface area contributed by atoms with Crippen LogP contribution in [0.4, 0.5) is 5.82 Å². The number of carbonyl (C=O) groups is 2. The van der Waals surface area contributed by atoms with Gasteiger partial charge in [0.25, 0.3) is 5.91 Å². The third-order valence-electron chi connectivity index (χ3n) is 3.38. The van der Waals surface area contributed by atoms with Crippen LogP contribution in [0.2, 0.25) is 15.1 Å². The van der Waals surface area contributed by atoms with Gasteiger partial charge in [0.15, 0.2) is 18.0 Å². The van der Waals surface area contributed by atoms with E-state index in [-0.39, 0.29) is 10.8 Å². The maximum Gasteiger partial charge on any atom is 0.350 e. The van der Waals surface area contributed by atoms with Gasteiger partial charge in [-0.25, -0.2) is 9.78 Å². The number of anilines is 1. The van der Waals surface area contributed by atoms with Crippen molar-refractivity contribution in [3.63, 3.8) is 0 Å². The normalized spacial score (nSPS) is 11.0. The van der Waals surface area contributed by atoms with Crippen molar-refractivity contribution in [1.82, 2.24) is 4.98 Å². The van der Waals surface area contributed by atoms with E-state index in [9.17, 15) is 9.59 Å². The van der Waals surface area contributed by atoms with Crippen molar-refractivity contribution in [3.8, 4) is 5.75 Å². The van der Waals surface area contributed by atoms with Gasteiger partial charge < -0.3 is 14.8 Å². The first-order valence-electron chi connectivity index (χ1n) is 7.83. The van der Waals surface area contributed by atoms with Gasteiger partial charge in [0.1, 0.15) is 5.75 Å². The molecule has 0 aliphatic heterocycles. The van der Waals surface area contributed by atoms with E-state index in [1.165, 1.54) is 19.9 Å². The Morgan fingerprint density at radius 2 is 1.74 bits per heavy atom. The number of rotatable bonds is 6. The second kappa shape index (κ2) is 8.78. The maximum atomic E-state index is 12.2. The van der Waals surface area contributed by atoms with Crippen molar-refractivity contribution in [3.05, 3.63) is 51.1 Å². The minimum atomic E-state index is -1.30. The number of benzene rings is 1. The molecule has 1 N–H and O–H groups in total. The van der Waals surface area contributed by atoms with Gasteiger partial charge in [-0.05, 0) is 51.1 Å². The van der Waals surface area contributed by atoms with Gasteiger partial charge in [-0.3, -0.25) is 4.79 Å². The third-order valence-corrected chi connectivity index (χ3v) is 4.30. The smallest absolute Gasteiger partial charge is 0.350 e. The van der Waals surface area contributed by atoms with Crippen LogP contribution in [-0.2, 0) is 14.3 Å². The predicted octanol–water partition coefficient (Wildman–Crippen LogP) is 4.69. The molecule has 0 saturated carbocycles. The molecule has 0 bridgehead atoms. The molecule has 0 unspecified atom stereocenters. The average Bonchev–Trinajstić information content (AvgIpc) is 2.59. The highest BCUT2D eigenvalue weighted by Crippen LogP contribution is 2.25. The molecule has 6 nitrogen and oxygen atoms in total. The molecule has 1 amide bonds. The third kappa shape index (κ3) is 5.99.